The summed E-state index contributed by atoms with van der Waals surface area (Å²) in [6.45, 7) is 0.125. The third kappa shape index (κ3) is 3.06. The number of nitrogens with one attached hydrogen (secondary N) is 2. The lowest BCUT2D eigenvalue weighted by Gasteiger charge is -2.14. The average Bonchev–Trinajstić information content (AvgIpc) is 2.95. The van der Waals surface area contributed by atoms with E-state index in [0.29, 0.717) is 0 Å². The van der Waals surface area contributed by atoms with Gasteiger partial charge in [0.2, 0.25) is 0 Å². The molecule has 108 valence electrons. The quantitative estimate of drug-likeness (QED) is 0.758. The van der Waals surface area contributed by atoms with Crippen LogP contribution in [0.25, 0.3) is 10.8 Å². The summed E-state index contributed by atoms with van der Waals surface area (Å²) in [4.78, 5) is 12.1. The van der Waals surface area contributed by atoms with Crippen molar-refractivity contribution in [2.45, 2.75) is 12.5 Å². The number of fused-ring (bicyclic) bond motifs is 1. The number of rotatable bonds is 3. The van der Waals surface area contributed by atoms with Gasteiger partial charge in [0.05, 0.1) is 5.69 Å². The predicted octanol–water partition coefficient (Wildman–Crippen LogP) is 2.90. The van der Waals surface area contributed by atoms with Crippen LogP contribution in [0.3, 0.4) is 0 Å². The molecular weight excluding hydrogens is 264 g/mol. The molecule has 1 aliphatic rings. The first-order valence-corrected chi connectivity index (χ1v) is 7.11. The molecule has 0 bridgehead atoms. The zero-order chi connectivity index (χ0) is 14.7. The van der Waals surface area contributed by atoms with E-state index in [2.05, 4.69) is 10.6 Å². The van der Waals surface area contributed by atoms with Crippen molar-refractivity contribution in [1.82, 2.24) is 5.32 Å². The number of carbonyl (C=O) groups excluding carboxylic acids is 1. The first-order chi connectivity index (χ1) is 10.3. The van der Waals surface area contributed by atoms with Gasteiger partial charge in [0.1, 0.15) is 0 Å². The summed E-state index contributed by atoms with van der Waals surface area (Å²) >= 11 is 0. The molecule has 0 spiro atoms. The Hall–Kier alpha value is -2.33. The second-order valence-corrected chi connectivity index (χ2v) is 5.29. The summed E-state index contributed by atoms with van der Waals surface area (Å²) in [7, 11) is 0. The molecule has 2 atom stereocenters. The maximum atomic E-state index is 12.1. The number of aliphatic hydroxyl groups is 1. The van der Waals surface area contributed by atoms with Gasteiger partial charge in [-0.05, 0) is 17.9 Å². The molecule has 1 aliphatic carbocycles. The van der Waals surface area contributed by atoms with Crippen LogP contribution in [0.15, 0.2) is 54.6 Å². The number of hydrogen-bond donors (Lipinski definition) is 3. The molecule has 0 saturated carbocycles. The molecule has 0 aromatic heterocycles. The highest BCUT2D eigenvalue weighted by atomic mass is 16.3. The summed E-state index contributed by atoms with van der Waals surface area (Å²) in [6, 6.07) is 13.5. The molecule has 0 heterocycles. The van der Waals surface area contributed by atoms with Gasteiger partial charge in [-0.2, -0.15) is 0 Å². The van der Waals surface area contributed by atoms with Crippen LogP contribution in [-0.4, -0.2) is 23.8 Å². The zero-order valence-electron chi connectivity index (χ0n) is 11.6. The SMILES string of the molecule is O=C(Nc1cccc2ccccc12)N[C@@H]1C=C[C@H](CO)C1. The van der Waals surface area contributed by atoms with Crippen LogP contribution in [0, 0.1) is 5.92 Å². The lowest BCUT2D eigenvalue weighted by Crippen LogP contribution is -2.36. The maximum Gasteiger partial charge on any atom is 0.319 e. The van der Waals surface area contributed by atoms with Crippen LogP contribution in [-0.2, 0) is 0 Å². The van der Waals surface area contributed by atoms with Gasteiger partial charge in [0.25, 0.3) is 0 Å². The molecule has 2 aromatic rings. The number of carbonyl (C=O) groups is 1. The third-order valence-electron chi connectivity index (χ3n) is 3.76. The zero-order valence-corrected chi connectivity index (χ0v) is 11.6. The second kappa shape index (κ2) is 5.97. The van der Waals surface area contributed by atoms with E-state index >= 15 is 0 Å². The fourth-order valence-electron chi connectivity index (χ4n) is 2.68. The van der Waals surface area contributed by atoms with Crippen molar-refractivity contribution < 1.29 is 9.90 Å². The highest BCUT2D eigenvalue weighted by molar-refractivity contribution is 6.01. The third-order valence-corrected chi connectivity index (χ3v) is 3.76. The van der Waals surface area contributed by atoms with Gasteiger partial charge in [0.15, 0.2) is 0 Å². The minimum absolute atomic E-state index is 0.0165. The highest BCUT2D eigenvalue weighted by Crippen LogP contribution is 2.23. The van der Waals surface area contributed by atoms with Crippen molar-refractivity contribution in [2.75, 3.05) is 11.9 Å². The van der Waals surface area contributed by atoms with Crippen molar-refractivity contribution in [1.29, 1.82) is 0 Å². The van der Waals surface area contributed by atoms with Crippen molar-refractivity contribution in [3.05, 3.63) is 54.6 Å². The van der Waals surface area contributed by atoms with Gasteiger partial charge >= 0.3 is 6.03 Å². The highest BCUT2D eigenvalue weighted by Gasteiger charge is 2.19. The Labute approximate surface area is 123 Å². The number of anilines is 1. The van der Waals surface area contributed by atoms with E-state index in [4.69, 9.17) is 5.11 Å². The molecule has 0 saturated heterocycles. The molecular formula is C17H18N2O2. The van der Waals surface area contributed by atoms with E-state index in [0.717, 1.165) is 22.9 Å². The standard InChI is InChI=1S/C17H18N2O2/c20-11-12-8-9-14(10-12)18-17(21)19-16-7-3-5-13-4-1-2-6-15(13)16/h1-9,12,14,20H,10-11H2,(H2,18,19,21)/t12-,14+/m0/s1. The van der Waals surface area contributed by atoms with E-state index < -0.39 is 0 Å². The molecule has 2 amide bonds. The minimum Gasteiger partial charge on any atom is -0.396 e. The van der Waals surface area contributed by atoms with Crippen LogP contribution >= 0.6 is 0 Å². The summed E-state index contributed by atoms with van der Waals surface area (Å²) in [5.41, 5.74) is 0.797. The maximum absolute atomic E-state index is 12.1. The largest absolute Gasteiger partial charge is 0.396 e. The number of hydrogen-bond acceptors (Lipinski definition) is 2. The van der Waals surface area contributed by atoms with E-state index in [1.807, 2.05) is 54.6 Å². The summed E-state index contributed by atoms with van der Waals surface area (Å²) in [6.07, 6.45) is 4.63. The van der Waals surface area contributed by atoms with Crippen LogP contribution in [0.4, 0.5) is 10.5 Å². The number of benzene rings is 2. The Morgan fingerprint density at radius 1 is 1.14 bits per heavy atom. The fraction of sp³-hybridized carbons (Fsp3) is 0.235. The van der Waals surface area contributed by atoms with Gasteiger partial charge in [-0.3, -0.25) is 0 Å². The minimum atomic E-state index is -0.223. The fourth-order valence-corrected chi connectivity index (χ4v) is 2.68. The van der Waals surface area contributed by atoms with Gasteiger partial charge in [0, 0.05) is 24.0 Å². The Bertz CT molecular complexity index is 676. The van der Waals surface area contributed by atoms with E-state index in [9.17, 15) is 4.79 Å². The smallest absolute Gasteiger partial charge is 0.319 e. The number of amides is 2. The van der Waals surface area contributed by atoms with Crippen molar-refractivity contribution in [3.8, 4) is 0 Å². The monoisotopic (exact) mass is 282 g/mol. The van der Waals surface area contributed by atoms with Gasteiger partial charge in [-0.25, -0.2) is 4.79 Å². The predicted molar refractivity (Wildman–Crippen MR) is 84.2 cm³/mol. The van der Waals surface area contributed by atoms with Crippen LogP contribution in [0.2, 0.25) is 0 Å². The lowest BCUT2D eigenvalue weighted by molar-refractivity contribution is 0.238. The molecule has 0 aliphatic heterocycles. The van der Waals surface area contributed by atoms with E-state index in [1.54, 1.807) is 0 Å². The summed E-state index contributed by atoms with van der Waals surface area (Å²) in [5.74, 6) is 0.146. The molecule has 0 fully saturated rings. The Morgan fingerprint density at radius 3 is 2.76 bits per heavy atom. The lowest BCUT2D eigenvalue weighted by atomic mass is 10.1. The Morgan fingerprint density at radius 2 is 1.95 bits per heavy atom. The molecule has 21 heavy (non-hydrogen) atoms. The van der Waals surface area contributed by atoms with E-state index in [1.165, 1.54) is 0 Å². The average molecular weight is 282 g/mol. The number of urea groups is 1. The molecule has 2 aromatic carbocycles. The normalized spacial score (nSPS) is 20.6. The van der Waals surface area contributed by atoms with Crippen molar-refractivity contribution in [3.63, 3.8) is 0 Å². The molecule has 4 heteroatoms. The molecule has 0 unspecified atom stereocenters. The summed E-state index contributed by atoms with van der Waals surface area (Å²) < 4.78 is 0. The first-order valence-electron chi connectivity index (χ1n) is 7.11. The van der Waals surface area contributed by atoms with Crippen LogP contribution in [0.1, 0.15) is 6.42 Å². The molecule has 4 nitrogen and oxygen atoms in total. The second-order valence-electron chi connectivity index (χ2n) is 5.29. The number of aliphatic hydroxyl groups excluding tert-OH is 1. The van der Waals surface area contributed by atoms with Crippen LogP contribution in [0.5, 0.6) is 0 Å². The Kier molecular flexibility index (Phi) is 3.88. The molecule has 0 radical (unpaired) electrons. The molecule has 3 rings (SSSR count). The topological polar surface area (TPSA) is 61.4 Å². The van der Waals surface area contributed by atoms with Gasteiger partial charge < -0.3 is 15.7 Å². The summed E-state index contributed by atoms with van der Waals surface area (Å²) in [5, 5.41) is 17.0. The van der Waals surface area contributed by atoms with Crippen molar-refractivity contribution >= 4 is 22.5 Å². The Balaban J connectivity index is 1.68. The first kappa shape index (κ1) is 13.6. The molecule has 3 N–H and O–H groups in total. The van der Waals surface area contributed by atoms with Crippen LogP contribution < -0.4 is 10.6 Å². The van der Waals surface area contributed by atoms with E-state index in [-0.39, 0.29) is 24.6 Å². The van der Waals surface area contributed by atoms with Crippen molar-refractivity contribution in [2.24, 2.45) is 5.92 Å². The van der Waals surface area contributed by atoms with Gasteiger partial charge in [-0.15, -0.1) is 0 Å². The van der Waals surface area contributed by atoms with Gasteiger partial charge in [-0.1, -0.05) is 48.6 Å².